The van der Waals surface area contributed by atoms with Gasteiger partial charge in [-0.25, -0.2) is 4.98 Å². The Bertz CT molecular complexity index is 646. The second-order valence-corrected chi connectivity index (χ2v) is 5.47. The molecule has 3 heterocycles. The Morgan fingerprint density at radius 1 is 1.36 bits per heavy atom. The fraction of sp³-hybridized carbons (Fsp3) is 0.375. The van der Waals surface area contributed by atoms with Crippen molar-refractivity contribution < 1.29 is 4.79 Å². The zero-order chi connectivity index (χ0) is 15.4. The van der Waals surface area contributed by atoms with Crippen LogP contribution in [0.5, 0.6) is 0 Å². The summed E-state index contributed by atoms with van der Waals surface area (Å²) in [5.41, 5.74) is 1.57. The van der Waals surface area contributed by atoms with Crippen LogP contribution in [0.1, 0.15) is 28.9 Å². The van der Waals surface area contributed by atoms with E-state index in [-0.39, 0.29) is 11.9 Å². The highest BCUT2D eigenvalue weighted by molar-refractivity contribution is 5.94. The molecule has 0 spiro atoms. The third kappa shape index (κ3) is 3.21. The first-order chi connectivity index (χ1) is 10.7. The second-order valence-electron chi connectivity index (χ2n) is 5.47. The lowest BCUT2D eigenvalue weighted by Crippen LogP contribution is -2.39. The number of aromatic nitrogens is 3. The maximum Gasteiger partial charge on any atom is 0.255 e. The smallest absolute Gasteiger partial charge is 0.255 e. The third-order valence-corrected chi connectivity index (χ3v) is 3.88. The Balaban J connectivity index is 1.65. The molecule has 0 aliphatic carbocycles. The van der Waals surface area contributed by atoms with Crippen LogP contribution >= 0.6 is 0 Å². The lowest BCUT2D eigenvalue weighted by Gasteiger charge is -2.25. The van der Waals surface area contributed by atoms with Crippen LogP contribution < -0.4 is 5.32 Å². The van der Waals surface area contributed by atoms with Gasteiger partial charge in [-0.2, -0.15) is 10.2 Å². The molecule has 2 aromatic heterocycles. The molecule has 1 fully saturated rings. The Morgan fingerprint density at radius 3 is 3.05 bits per heavy atom. The van der Waals surface area contributed by atoms with E-state index >= 15 is 0 Å². The first-order valence-corrected chi connectivity index (χ1v) is 7.49. The zero-order valence-corrected chi connectivity index (χ0v) is 12.6. The van der Waals surface area contributed by atoms with Crippen molar-refractivity contribution in [3.05, 3.63) is 47.9 Å². The van der Waals surface area contributed by atoms with Gasteiger partial charge in [-0.1, -0.05) is 6.07 Å². The van der Waals surface area contributed by atoms with Crippen LogP contribution in [0.2, 0.25) is 0 Å². The van der Waals surface area contributed by atoms with Crippen LogP contribution in [0, 0.1) is 6.92 Å². The van der Waals surface area contributed by atoms with Gasteiger partial charge in [0.05, 0.1) is 18.0 Å². The van der Waals surface area contributed by atoms with E-state index in [4.69, 9.17) is 0 Å². The fourth-order valence-electron chi connectivity index (χ4n) is 2.76. The number of likely N-dealkylation sites (tertiary alicyclic amines) is 1. The van der Waals surface area contributed by atoms with E-state index in [0.29, 0.717) is 12.1 Å². The predicted molar refractivity (Wildman–Crippen MR) is 83.6 cm³/mol. The average Bonchev–Trinajstić information content (AvgIpc) is 3.01. The average molecular weight is 297 g/mol. The molecule has 1 amide bonds. The molecular weight excluding hydrogens is 278 g/mol. The molecule has 1 aliphatic rings. The molecule has 3 rings (SSSR count). The molecule has 1 atom stereocenters. The molecule has 6 heteroatoms. The Morgan fingerprint density at radius 2 is 2.27 bits per heavy atom. The first kappa shape index (κ1) is 14.4. The summed E-state index contributed by atoms with van der Waals surface area (Å²) in [6, 6.07) is 7.78. The van der Waals surface area contributed by atoms with Crippen molar-refractivity contribution in [2.45, 2.75) is 25.8 Å². The Kier molecular flexibility index (Phi) is 4.27. The van der Waals surface area contributed by atoms with Crippen LogP contribution in [0.3, 0.4) is 0 Å². The molecule has 1 saturated heterocycles. The number of hydrogen-bond acceptors (Lipinski definition) is 5. The summed E-state index contributed by atoms with van der Waals surface area (Å²) >= 11 is 0. The highest BCUT2D eigenvalue weighted by Crippen LogP contribution is 2.20. The summed E-state index contributed by atoms with van der Waals surface area (Å²) in [5.74, 6) is 0.876. The first-order valence-electron chi connectivity index (χ1n) is 7.49. The van der Waals surface area contributed by atoms with Gasteiger partial charge in [-0.3, -0.25) is 4.79 Å². The Hall–Kier alpha value is -2.50. The predicted octanol–water partition coefficient (Wildman–Crippen LogP) is 1.90. The standard InChI is InChI=1S/C16H19N5O/c1-12-4-2-6-15(20-12)17-11-14-5-3-9-21(14)16(22)13-7-8-18-19-10-13/h2,4,6-8,10,14H,3,5,9,11H2,1H3,(H,17,20). The second kappa shape index (κ2) is 6.51. The summed E-state index contributed by atoms with van der Waals surface area (Å²) < 4.78 is 0. The summed E-state index contributed by atoms with van der Waals surface area (Å²) in [6.07, 6.45) is 5.10. The van der Waals surface area contributed by atoms with Gasteiger partial charge in [0.25, 0.3) is 5.91 Å². The van der Waals surface area contributed by atoms with E-state index in [9.17, 15) is 4.79 Å². The fourth-order valence-corrected chi connectivity index (χ4v) is 2.76. The van der Waals surface area contributed by atoms with Gasteiger partial charge in [-0.05, 0) is 38.0 Å². The molecule has 1 unspecified atom stereocenters. The van der Waals surface area contributed by atoms with Crippen molar-refractivity contribution in [2.24, 2.45) is 0 Å². The minimum Gasteiger partial charge on any atom is -0.368 e. The third-order valence-electron chi connectivity index (χ3n) is 3.88. The maximum atomic E-state index is 12.5. The number of hydrogen-bond donors (Lipinski definition) is 1. The van der Waals surface area contributed by atoms with Crippen LogP contribution in [0.4, 0.5) is 5.82 Å². The minimum atomic E-state index is 0.0244. The quantitative estimate of drug-likeness (QED) is 0.933. The number of anilines is 1. The largest absolute Gasteiger partial charge is 0.368 e. The van der Waals surface area contributed by atoms with Gasteiger partial charge >= 0.3 is 0 Å². The number of rotatable bonds is 4. The van der Waals surface area contributed by atoms with E-state index in [1.165, 1.54) is 6.20 Å². The summed E-state index contributed by atoms with van der Waals surface area (Å²) in [6.45, 7) is 3.46. The maximum absolute atomic E-state index is 12.5. The van der Waals surface area contributed by atoms with Crippen molar-refractivity contribution in [1.82, 2.24) is 20.1 Å². The number of amides is 1. The summed E-state index contributed by atoms with van der Waals surface area (Å²) in [7, 11) is 0. The molecule has 2 aromatic rings. The number of pyridine rings is 1. The van der Waals surface area contributed by atoms with Gasteiger partial charge in [0.2, 0.25) is 0 Å². The number of nitrogens with zero attached hydrogens (tertiary/aromatic N) is 4. The van der Waals surface area contributed by atoms with Gasteiger partial charge < -0.3 is 10.2 Å². The monoisotopic (exact) mass is 297 g/mol. The summed E-state index contributed by atoms with van der Waals surface area (Å²) in [4.78, 5) is 18.9. The Labute approximate surface area is 129 Å². The van der Waals surface area contributed by atoms with E-state index in [2.05, 4.69) is 20.5 Å². The lowest BCUT2D eigenvalue weighted by atomic mass is 10.2. The molecule has 22 heavy (non-hydrogen) atoms. The molecule has 0 radical (unpaired) electrons. The minimum absolute atomic E-state index is 0.0244. The zero-order valence-electron chi connectivity index (χ0n) is 12.6. The SMILES string of the molecule is Cc1cccc(NCC2CCCN2C(=O)c2ccnnc2)n1. The van der Waals surface area contributed by atoms with Crippen molar-refractivity contribution in [3.63, 3.8) is 0 Å². The van der Waals surface area contributed by atoms with Gasteiger partial charge in [0.15, 0.2) is 0 Å². The van der Waals surface area contributed by atoms with Crippen LogP contribution in [0.25, 0.3) is 0 Å². The van der Waals surface area contributed by atoms with E-state index in [0.717, 1.165) is 30.9 Å². The van der Waals surface area contributed by atoms with E-state index in [1.54, 1.807) is 12.3 Å². The van der Waals surface area contributed by atoms with Crippen molar-refractivity contribution in [2.75, 3.05) is 18.4 Å². The van der Waals surface area contributed by atoms with Gasteiger partial charge in [0.1, 0.15) is 5.82 Å². The highest BCUT2D eigenvalue weighted by atomic mass is 16.2. The highest BCUT2D eigenvalue weighted by Gasteiger charge is 2.29. The topological polar surface area (TPSA) is 71.0 Å². The molecule has 0 saturated carbocycles. The summed E-state index contributed by atoms with van der Waals surface area (Å²) in [5, 5.41) is 10.8. The normalized spacial score (nSPS) is 17.5. The number of carbonyl (C=O) groups excluding carboxylic acids is 1. The van der Waals surface area contributed by atoms with Crippen LogP contribution in [-0.4, -0.2) is 45.1 Å². The molecule has 0 aromatic carbocycles. The van der Waals surface area contributed by atoms with Gasteiger partial charge in [0, 0.05) is 24.8 Å². The van der Waals surface area contributed by atoms with Crippen molar-refractivity contribution in [1.29, 1.82) is 0 Å². The molecule has 0 bridgehead atoms. The van der Waals surface area contributed by atoms with Crippen LogP contribution in [0.15, 0.2) is 36.7 Å². The molecule has 1 aliphatic heterocycles. The van der Waals surface area contributed by atoms with Crippen molar-refractivity contribution in [3.8, 4) is 0 Å². The van der Waals surface area contributed by atoms with Crippen LogP contribution in [-0.2, 0) is 0 Å². The number of aryl methyl sites for hydroxylation is 1. The molecular formula is C16H19N5O. The van der Waals surface area contributed by atoms with Gasteiger partial charge in [-0.15, -0.1) is 0 Å². The molecule has 6 nitrogen and oxygen atoms in total. The van der Waals surface area contributed by atoms with E-state index in [1.807, 2.05) is 30.0 Å². The molecule has 1 N–H and O–H groups in total. The number of nitrogens with one attached hydrogen (secondary N) is 1. The van der Waals surface area contributed by atoms with E-state index < -0.39 is 0 Å². The lowest BCUT2D eigenvalue weighted by molar-refractivity contribution is 0.0743. The van der Waals surface area contributed by atoms with Crippen molar-refractivity contribution >= 4 is 11.7 Å². The number of carbonyl (C=O) groups is 1. The molecule has 114 valence electrons.